The number of hydrogen-bond donors (Lipinski definition) is 0. The molecule has 0 saturated carbocycles. The lowest BCUT2D eigenvalue weighted by Crippen LogP contribution is -2.33. The fourth-order valence-electron chi connectivity index (χ4n) is 3.88. The highest BCUT2D eigenvalue weighted by Crippen LogP contribution is 2.31. The molecule has 10 heteroatoms. The highest BCUT2D eigenvalue weighted by molar-refractivity contribution is 7.87. The number of nitrogens with zero attached hydrogens (tertiary/aromatic N) is 1. The number of carbonyl (C=O) groups excluding carboxylic acids is 1. The van der Waals surface area contributed by atoms with E-state index in [0.717, 1.165) is 29.0 Å². The lowest BCUT2D eigenvalue weighted by Gasteiger charge is -2.23. The first-order valence-electron chi connectivity index (χ1n) is 11.5. The first-order valence-corrected chi connectivity index (χ1v) is 13.0. The van der Waals surface area contributed by atoms with Crippen LogP contribution in [-0.4, -0.2) is 39.5 Å². The second-order valence-corrected chi connectivity index (χ2v) is 10.0. The van der Waals surface area contributed by atoms with E-state index in [1.807, 2.05) is 30.3 Å². The van der Waals surface area contributed by atoms with Crippen molar-refractivity contribution in [2.75, 3.05) is 20.3 Å². The second kappa shape index (κ2) is 11.2. The molecular formula is C28H24F3NO5S. The molecule has 0 aliphatic carbocycles. The first kappa shape index (κ1) is 27.2. The summed E-state index contributed by atoms with van der Waals surface area (Å²) in [6, 6.07) is 22.4. The summed E-state index contributed by atoms with van der Waals surface area (Å²) in [7, 11) is -3.02. The summed E-state index contributed by atoms with van der Waals surface area (Å²) in [5.74, 6) is -0.333. The minimum absolute atomic E-state index is 0.0928. The minimum atomic E-state index is -4.70. The lowest BCUT2D eigenvalue weighted by molar-refractivity contribution is -0.137. The van der Waals surface area contributed by atoms with Crippen LogP contribution >= 0.6 is 0 Å². The van der Waals surface area contributed by atoms with Crippen LogP contribution in [0.3, 0.4) is 0 Å². The van der Waals surface area contributed by atoms with Crippen LogP contribution in [-0.2, 0) is 27.6 Å². The van der Waals surface area contributed by atoms with Crippen molar-refractivity contribution in [2.45, 2.75) is 17.6 Å². The number of ether oxygens (including phenoxy) is 1. The predicted octanol–water partition coefficient (Wildman–Crippen LogP) is 5.92. The van der Waals surface area contributed by atoms with Gasteiger partial charge in [-0.3, -0.25) is 4.79 Å². The Bertz CT molecular complexity index is 1550. The molecule has 4 rings (SSSR count). The quantitative estimate of drug-likeness (QED) is 0.245. The molecule has 0 heterocycles. The Morgan fingerprint density at radius 1 is 0.868 bits per heavy atom. The predicted molar refractivity (Wildman–Crippen MR) is 136 cm³/mol. The van der Waals surface area contributed by atoms with Gasteiger partial charge in [0.15, 0.2) is 0 Å². The standard InChI is InChI=1S/C28H24F3NO5S/c1-36-15-14-32(27(33)23-13-12-21-7-2-3-8-22(21)17-23)19-20-6-4-10-25(16-20)37-38(34,35)26-11-5-9-24(18-26)28(29,30)31/h2-13,16-18H,14-15,19H2,1H3. The van der Waals surface area contributed by atoms with Gasteiger partial charge in [-0.25, -0.2) is 0 Å². The number of benzene rings is 4. The Morgan fingerprint density at radius 2 is 1.61 bits per heavy atom. The first-order chi connectivity index (χ1) is 18.1. The molecule has 0 radical (unpaired) electrons. The molecule has 4 aromatic carbocycles. The number of alkyl halides is 3. The van der Waals surface area contributed by atoms with E-state index in [9.17, 15) is 26.4 Å². The van der Waals surface area contributed by atoms with Crippen LogP contribution in [0.1, 0.15) is 21.5 Å². The van der Waals surface area contributed by atoms with Crippen molar-refractivity contribution >= 4 is 26.8 Å². The Balaban J connectivity index is 1.56. The van der Waals surface area contributed by atoms with Crippen molar-refractivity contribution in [3.63, 3.8) is 0 Å². The monoisotopic (exact) mass is 543 g/mol. The maximum Gasteiger partial charge on any atom is 0.416 e. The molecule has 0 unspecified atom stereocenters. The van der Waals surface area contributed by atoms with Crippen LogP contribution in [0.15, 0.2) is 95.9 Å². The number of hydrogen-bond acceptors (Lipinski definition) is 5. The van der Waals surface area contributed by atoms with Gasteiger partial charge in [-0.15, -0.1) is 0 Å². The zero-order valence-electron chi connectivity index (χ0n) is 20.3. The molecule has 0 spiro atoms. The molecule has 0 bridgehead atoms. The molecular weight excluding hydrogens is 519 g/mol. The van der Waals surface area contributed by atoms with Crippen molar-refractivity contribution in [1.82, 2.24) is 4.90 Å². The molecule has 38 heavy (non-hydrogen) atoms. The molecule has 1 amide bonds. The normalized spacial score (nSPS) is 11.9. The van der Waals surface area contributed by atoms with Gasteiger partial charge < -0.3 is 13.8 Å². The van der Waals surface area contributed by atoms with Gasteiger partial charge in [-0.2, -0.15) is 21.6 Å². The zero-order valence-corrected chi connectivity index (χ0v) is 21.1. The van der Waals surface area contributed by atoms with Crippen LogP contribution in [0.4, 0.5) is 13.2 Å². The van der Waals surface area contributed by atoms with E-state index in [1.165, 1.54) is 19.2 Å². The fourth-order valence-corrected chi connectivity index (χ4v) is 4.85. The van der Waals surface area contributed by atoms with Crippen molar-refractivity contribution in [3.8, 4) is 5.75 Å². The van der Waals surface area contributed by atoms with E-state index in [-0.39, 0.29) is 31.4 Å². The SMILES string of the molecule is COCCN(Cc1cccc(OS(=O)(=O)c2cccc(C(F)(F)F)c2)c1)C(=O)c1ccc2ccccc2c1. The molecule has 6 nitrogen and oxygen atoms in total. The minimum Gasteiger partial charge on any atom is -0.383 e. The molecule has 4 aromatic rings. The summed E-state index contributed by atoms with van der Waals surface area (Å²) in [4.78, 5) is 14.3. The van der Waals surface area contributed by atoms with Crippen molar-refractivity contribution in [3.05, 3.63) is 108 Å². The van der Waals surface area contributed by atoms with Gasteiger partial charge in [0, 0.05) is 25.8 Å². The maximum atomic E-state index is 13.4. The third-order valence-corrected chi connectivity index (χ3v) is 7.02. The highest BCUT2D eigenvalue weighted by atomic mass is 32.2. The highest BCUT2D eigenvalue weighted by Gasteiger charge is 2.32. The van der Waals surface area contributed by atoms with E-state index in [2.05, 4.69) is 0 Å². The van der Waals surface area contributed by atoms with Crippen LogP contribution in [0.5, 0.6) is 5.75 Å². The average molecular weight is 544 g/mol. The molecule has 0 aromatic heterocycles. The molecule has 0 saturated heterocycles. The third kappa shape index (κ3) is 6.51. The summed E-state index contributed by atoms with van der Waals surface area (Å²) in [6.07, 6.45) is -4.70. The van der Waals surface area contributed by atoms with E-state index in [1.54, 1.807) is 29.2 Å². The Hall–Kier alpha value is -3.89. The fraction of sp³-hybridized carbons (Fsp3) is 0.179. The number of amides is 1. The second-order valence-electron chi connectivity index (χ2n) is 8.49. The molecule has 0 atom stereocenters. The van der Waals surface area contributed by atoms with Crippen LogP contribution < -0.4 is 4.18 Å². The van der Waals surface area contributed by atoms with Crippen molar-refractivity contribution < 1.29 is 35.3 Å². The summed E-state index contributed by atoms with van der Waals surface area (Å²) in [6.45, 7) is 0.672. The summed E-state index contributed by atoms with van der Waals surface area (Å²) >= 11 is 0. The molecule has 0 aliphatic heterocycles. The maximum absolute atomic E-state index is 13.4. The van der Waals surface area contributed by atoms with E-state index in [4.69, 9.17) is 8.92 Å². The number of halogens is 3. The van der Waals surface area contributed by atoms with Gasteiger partial charge in [0.2, 0.25) is 0 Å². The smallest absolute Gasteiger partial charge is 0.383 e. The molecule has 0 N–H and O–H groups in total. The van der Waals surface area contributed by atoms with Crippen LogP contribution in [0.2, 0.25) is 0 Å². The summed E-state index contributed by atoms with van der Waals surface area (Å²) < 4.78 is 74.8. The molecule has 198 valence electrons. The average Bonchev–Trinajstić information content (AvgIpc) is 2.90. The van der Waals surface area contributed by atoms with E-state index < -0.39 is 26.8 Å². The zero-order chi connectivity index (χ0) is 27.3. The van der Waals surface area contributed by atoms with Gasteiger partial charge in [0.25, 0.3) is 5.91 Å². The third-order valence-electron chi connectivity index (χ3n) is 5.78. The number of methoxy groups -OCH3 is 1. The van der Waals surface area contributed by atoms with E-state index in [0.29, 0.717) is 17.2 Å². The lowest BCUT2D eigenvalue weighted by atomic mass is 10.1. The summed E-state index contributed by atoms with van der Waals surface area (Å²) in [5, 5.41) is 1.92. The Kier molecular flexibility index (Phi) is 8.03. The van der Waals surface area contributed by atoms with Gasteiger partial charge in [-0.05, 0) is 58.8 Å². The number of fused-ring (bicyclic) bond motifs is 1. The summed E-state index contributed by atoms with van der Waals surface area (Å²) in [5.41, 5.74) is -0.0526. The van der Waals surface area contributed by atoms with E-state index >= 15 is 0 Å². The van der Waals surface area contributed by atoms with Crippen LogP contribution in [0, 0.1) is 0 Å². The van der Waals surface area contributed by atoms with Crippen molar-refractivity contribution in [2.24, 2.45) is 0 Å². The van der Waals surface area contributed by atoms with Gasteiger partial charge in [0.05, 0.1) is 12.2 Å². The van der Waals surface area contributed by atoms with Crippen LogP contribution in [0.25, 0.3) is 10.8 Å². The van der Waals surface area contributed by atoms with Crippen molar-refractivity contribution in [1.29, 1.82) is 0 Å². The van der Waals surface area contributed by atoms with Gasteiger partial charge in [-0.1, -0.05) is 48.5 Å². The largest absolute Gasteiger partial charge is 0.416 e. The number of carbonyl (C=O) groups is 1. The van der Waals surface area contributed by atoms with Gasteiger partial charge in [0.1, 0.15) is 10.6 Å². The number of rotatable bonds is 9. The molecule has 0 aliphatic rings. The molecule has 0 fully saturated rings. The Morgan fingerprint density at radius 3 is 2.34 bits per heavy atom. The topological polar surface area (TPSA) is 72.9 Å². The Labute approximate surface area is 218 Å². The van der Waals surface area contributed by atoms with Gasteiger partial charge >= 0.3 is 16.3 Å².